The van der Waals surface area contributed by atoms with Crippen molar-refractivity contribution in [3.63, 3.8) is 0 Å². The Hall–Kier alpha value is -3.33. The van der Waals surface area contributed by atoms with Gasteiger partial charge in [0.15, 0.2) is 0 Å². The van der Waals surface area contributed by atoms with Crippen LogP contribution in [0.4, 0.5) is 5.69 Å². The first-order valence-electron chi connectivity index (χ1n) is 11.2. The molecule has 32 heavy (non-hydrogen) atoms. The maximum Gasteiger partial charge on any atom is 0.335 e. The Balaban J connectivity index is 1.68. The number of carboxylic acid groups (broad SMARTS) is 1. The number of hydrogen-bond acceptors (Lipinski definition) is 2. The highest BCUT2D eigenvalue weighted by Gasteiger charge is 2.30. The van der Waals surface area contributed by atoms with Gasteiger partial charge < -0.3 is 10.0 Å². The van der Waals surface area contributed by atoms with E-state index >= 15 is 0 Å². The van der Waals surface area contributed by atoms with E-state index in [0.717, 1.165) is 24.9 Å². The molecular weight excluding hydrogens is 394 g/mol. The number of benzene rings is 3. The van der Waals surface area contributed by atoms with Gasteiger partial charge in [-0.15, -0.1) is 0 Å². The average molecular weight is 426 g/mol. The van der Waals surface area contributed by atoms with Crippen LogP contribution in [-0.4, -0.2) is 24.7 Å². The second kappa shape index (κ2) is 9.04. The predicted molar refractivity (Wildman–Crippen MR) is 133 cm³/mol. The van der Waals surface area contributed by atoms with Crippen molar-refractivity contribution in [3.8, 4) is 0 Å². The maximum absolute atomic E-state index is 11.1. The quantitative estimate of drug-likeness (QED) is 0.487. The van der Waals surface area contributed by atoms with E-state index in [1.807, 2.05) is 18.2 Å². The zero-order valence-electron chi connectivity index (χ0n) is 19.1. The third kappa shape index (κ3) is 4.77. The molecule has 1 aliphatic rings. The maximum atomic E-state index is 11.1. The van der Waals surface area contributed by atoms with Crippen molar-refractivity contribution < 1.29 is 9.90 Å². The van der Waals surface area contributed by atoms with E-state index < -0.39 is 5.97 Å². The fourth-order valence-corrected chi connectivity index (χ4v) is 4.50. The third-order valence-corrected chi connectivity index (χ3v) is 6.64. The molecule has 3 aromatic rings. The highest BCUT2D eigenvalue weighted by Crippen LogP contribution is 2.40. The van der Waals surface area contributed by atoms with E-state index in [1.54, 1.807) is 12.1 Å². The zero-order valence-corrected chi connectivity index (χ0v) is 19.1. The van der Waals surface area contributed by atoms with Crippen molar-refractivity contribution in [3.05, 3.63) is 107 Å². The second-order valence-corrected chi connectivity index (χ2v) is 9.41. The van der Waals surface area contributed by atoms with Gasteiger partial charge in [-0.3, -0.25) is 0 Å². The molecule has 0 saturated heterocycles. The van der Waals surface area contributed by atoms with Crippen LogP contribution in [0.2, 0.25) is 0 Å². The van der Waals surface area contributed by atoms with Gasteiger partial charge in [-0.25, -0.2) is 4.79 Å². The molecule has 4 rings (SSSR count). The molecule has 0 amide bonds. The van der Waals surface area contributed by atoms with Gasteiger partial charge in [0.05, 0.1) is 5.56 Å². The summed E-state index contributed by atoms with van der Waals surface area (Å²) in [6.45, 7) is 5.74. The molecule has 0 spiro atoms. The molecule has 1 aliphatic heterocycles. The number of allylic oxidation sites excluding steroid dienone is 1. The Kier molecular flexibility index (Phi) is 6.18. The summed E-state index contributed by atoms with van der Waals surface area (Å²) in [5, 5.41) is 9.14. The van der Waals surface area contributed by atoms with Gasteiger partial charge in [-0.05, 0) is 58.7 Å². The van der Waals surface area contributed by atoms with Crippen LogP contribution in [0.3, 0.4) is 0 Å². The first-order chi connectivity index (χ1) is 15.3. The summed E-state index contributed by atoms with van der Waals surface area (Å²) in [4.78, 5) is 13.5. The van der Waals surface area contributed by atoms with Crippen LogP contribution in [0.15, 0.2) is 78.9 Å². The van der Waals surface area contributed by atoms with E-state index in [1.165, 1.54) is 22.4 Å². The highest BCUT2D eigenvalue weighted by atomic mass is 16.4. The topological polar surface area (TPSA) is 40.5 Å². The molecule has 0 bridgehead atoms. The summed E-state index contributed by atoms with van der Waals surface area (Å²) in [7, 11) is 2.18. The second-order valence-electron chi connectivity index (χ2n) is 9.41. The van der Waals surface area contributed by atoms with Gasteiger partial charge >= 0.3 is 5.97 Å². The molecule has 164 valence electrons. The van der Waals surface area contributed by atoms with Gasteiger partial charge in [-0.2, -0.15) is 0 Å². The summed E-state index contributed by atoms with van der Waals surface area (Å²) in [5.41, 5.74) is 6.85. The third-order valence-electron chi connectivity index (χ3n) is 6.64. The molecule has 3 heteroatoms. The fourth-order valence-electron chi connectivity index (χ4n) is 4.50. The van der Waals surface area contributed by atoms with Gasteiger partial charge in [0.25, 0.3) is 0 Å². The predicted octanol–water partition coefficient (Wildman–Crippen LogP) is 6.54. The minimum absolute atomic E-state index is 0.191. The van der Waals surface area contributed by atoms with E-state index in [-0.39, 0.29) is 11.3 Å². The molecular formula is C29H31NO2. The molecule has 0 radical (unpaired) electrons. The first kappa shape index (κ1) is 21.9. The summed E-state index contributed by atoms with van der Waals surface area (Å²) in [6, 6.07) is 24.6. The van der Waals surface area contributed by atoms with E-state index in [9.17, 15) is 4.79 Å². The summed E-state index contributed by atoms with van der Waals surface area (Å²) in [6.07, 6.45) is 6.43. The molecule has 0 fully saturated rings. The van der Waals surface area contributed by atoms with Gasteiger partial charge in [0.1, 0.15) is 0 Å². The largest absolute Gasteiger partial charge is 0.478 e. The molecule has 1 unspecified atom stereocenters. The SMILES string of the molecule is CN1CCC(C)(C)c2ccc(C(C=Cc3ccc(C(=O)O)cc3)Cc3ccccc3)cc21. The number of anilines is 1. The normalized spacial score (nSPS) is 16.0. The van der Waals surface area contributed by atoms with Crippen molar-refractivity contribution in [1.29, 1.82) is 0 Å². The van der Waals surface area contributed by atoms with Crippen LogP contribution in [0.1, 0.15) is 58.8 Å². The van der Waals surface area contributed by atoms with E-state index in [2.05, 4.69) is 80.4 Å². The Morgan fingerprint density at radius 3 is 2.47 bits per heavy atom. The summed E-state index contributed by atoms with van der Waals surface area (Å²) >= 11 is 0. The van der Waals surface area contributed by atoms with Crippen LogP contribution >= 0.6 is 0 Å². The van der Waals surface area contributed by atoms with Crippen molar-refractivity contribution in [2.24, 2.45) is 0 Å². The monoisotopic (exact) mass is 425 g/mol. The standard InChI is InChI=1S/C29H31NO2/c1-29(2)17-18-30(3)27-20-25(15-16-26(27)29)24(19-22-7-5-4-6-8-22)14-11-21-9-12-23(13-10-21)28(31)32/h4-16,20,24H,17-19H2,1-3H3,(H,31,32). The van der Waals surface area contributed by atoms with Gasteiger partial charge in [-0.1, -0.05) is 80.6 Å². The molecule has 0 aromatic heterocycles. The lowest BCUT2D eigenvalue weighted by Gasteiger charge is -2.39. The lowest BCUT2D eigenvalue weighted by molar-refractivity contribution is 0.0697. The lowest BCUT2D eigenvalue weighted by Crippen LogP contribution is -2.34. The van der Waals surface area contributed by atoms with Crippen LogP contribution in [0.25, 0.3) is 6.08 Å². The zero-order chi connectivity index (χ0) is 22.7. The fraction of sp³-hybridized carbons (Fsp3) is 0.276. The first-order valence-corrected chi connectivity index (χ1v) is 11.2. The molecule has 1 N–H and O–H groups in total. The number of carbonyl (C=O) groups is 1. The van der Waals surface area contributed by atoms with Crippen molar-refractivity contribution in [2.45, 2.75) is 38.0 Å². The van der Waals surface area contributed by atoms with E-state index in [0.29, 0.717) is 5.56 Å². The number of carboxylic acids is 1. The van der Waals surface area contributed by atoms with Gasteiger partial charge in [0, 0.05) is 25.2 Å². The number of rotatable bonds is 6. The Morgan fingerprint density at radius 1 is 1.06 bits per heavy atom. The van der Waals surface area contributed by atoms with Crippen LogP contribution in [-0.2, 0) is 11.8 Å². The molecule has 3 nitrogen and oxygen atoms in total. The number of hydrogen-bond donors (Lipinski definition) is 1. The highest BCUT2D eigenvalue weighted by molar-refractivity contribution is 5.87. The van der Waals surface area contributed by atoms with E-state index in [4.69, 9.17) is 5.11 Å². The Labute approximate surface area is 191 Å². The molecule has 1 heterocycles. The molecule has 1 atom stereocenters. The van der Waals surface area contributed by atoms with Crippen LogP contribution < -0.4 is 4.90 Å². The Morgan fingerprint density at radius 2 is 1.78 bits per heavy atom. The number of nitrogens with zero attached hydrogens (tertiary/aromatic N) is 1. The molecule has 0 aliphatic carbocycles. The smallest absolute Gasteiger partial charge is 0.335 e. The summed E-state index contributed by atoms with van der Waals surface area (Å²) in [5.74, 6) is -0.677. The van der Waals surface area contributed by atoms with Crippen molar-refractivity contribution in [2.75, 3.05) is 18.5 Å². The van der Waals surface area contributed by atoms with Crippen LogP contribution in [0.5, 0.6) is 0 Å². The van der Waals surface area contributed by atoms with Crippen molar-refractivity contribution in [1.82, 2.24) is 0 Å². The molecule has 0 saturated carbocycles. The average Bonchev–Trinajstić information content (AvgIpc) is 2.80. The van der Waals surface area contributed by atoms with Gasteiger partial charge in [0.2, 0.25) is 0 Å². The minimum Gasteiger partial charge on any atom is -0.478 e. The number of aromatic carboxylic acids is 1. The molecule has 3 aromatic carbocycles. The number of fused-ring (bicyclic) bond motifs is 1. The lowest BCUT2D eigenvalue weighted by atomic mass is 9.76. The van der Waals surface area contributed by atoms with Crippen LogP contribution in [0, 0.1) is 0 Å². The summed E-state index contributed by atoms with van der Waals surface area (Å²) < 4.78 is 0. The minimum atomic E-state index is -0.899. The Bertz CT molecular complexity index is 1110. The van der Waals surface area contributed by atoms with Crippen molar-refractivity contribution >= 4 is 17.7 Å².